The molecule has 0 radical (unpaired) electrons. The molecule has 1 atom stereocenters. The molecule has 5 nitrogen and oxygen atoms in total. The number of carbonyl (C=O) groups is 1. The van der Waals surface area contributed by atoms with E-state index in [0.29, 0.717) is 13.2 Å². The van der Waals surface area contributed by atoms with Gasteiger partial charge in [-0.2, -0.15) is 0 Å². The molecule has 0 aliphatic carbocycles. The lowest BCUT2D eigenvalue weighted by atomic mass is 10.0. The van der Waals surface area contributed by atoms with E-state index in [1.165, 1.54) is 0 Å². The number of aliphatic hydroxyl groups is 1. The van der Waals surface area contributed by atoms with Gasteiger partial charge in [0, 0.05) is 11.7 Å². The Kier molecular flexibility index (Phi) is 6.02. The van der Waals surface area contributed by atoms with Crippen LogP contribution in [0.2, 0.25) is 0 Å². The van der Waals surface area contributed by atoms with Gasteiger partial charge in [-0.05, 0) is 50.6 Å². The highest BCUT2D eigenvalue weighted by Crippen LogP contribution is 2.18. The van der Waals surface area contributed by atoms with E-state index < -0.39 is 0 Å². The second-order valence-corrected chi connectivity index (χ2v) is 5.31. The highest BCUT2D eigenvalue weighted by Gasteiger charge is 2.23. The van der Waals surface area contributed by atoms with Gasteiger partial charge in [-0.15, -0.1) is 0 Å². The third-order valence-corrected chi connectivity index (χ3v) is 3.76. The lowest BCUT2D eigenvalue weighted by Crippen LogP contribution is -2.45. The van der Waals surface area contributed by atoms with Gasteiger partial charge < -0.3 is 15.2 Å². The summed E-state index contributed by atoms with van der Waals surface area (Å²) in [5.41, 5.74) is 0.765. The van der Waals surface area contributed by atoms with Gasteiger partial charge in [0.25, 0.3) is 0 Å². The summed E-state index contributed by atoms with van der Waals surface area (Å²) in [4.78, 5) is 14.2. The predicted molar refractivity (Wildman–Crippen MR) is 82.5 cm³/mol. The quantitative estimate of drug-likeness (QED) is 0.840. The Bertz CT molecular complexity index is 447. The van der Waals surface area contributed by atoms with Crippen molar-refractivity contribution in [3.63, 3.8) is 0 Å². The van der Waals surface area contributed by atoms with Crippen LogP contribution >= 0.6 is 0 Å². The molecule has 1 saturated heterocycles. The number of benzene rings is 1. The number of hydrogen-bond acceptors (Lipinski definition) is 4. The SMILES string of the molecule is CCOc1ccc(NC(=O)CN2CCCCC2CO)cc1. The molecule has 1 unspecified atom stereocenters. The minimum atomic E-state index is -0.0421. The molecule has 5 heteroatoms. The predicted octanol–water partition coefficient (Wildman–Crippen LogP) is 1.87. The molecule has 1 amide bonds. The summed E-state index contributed by atoms with van der Waals surface area (Å²) < 4.78 is 5.37. The van der Waals surface area contributed by atoms with Crippen LogP contribution in [0.5, 0.6) is 5.75 Å². The fourth-order valence-electron chi connectivity index (χ4n) is 2.66. The second-order valence-electron chi connectivity index (χ2n) is 5.31. The zero-order chi connectivity index (χ0) is 15.1. The maximum absolute atomic E-state index is 12.1. The number of piperidine rings is 1. The number of nitrogens with zero attached hydrogens (tertiary/aromatic N) is 1. The summed E-state index contributed by atoms with van der Waals surface area (Å²) in [5.74, 6) is 0.756. The van der Waals surface area contributed by atoms with E-state index in [1.54, 1.807) is 0 Å². The Balaban J connectivity index is 1.85. The Hall–Kier alpha value is -1.59. The maximum atomic E-state index is 12.1. The number of nitrogens with one attached hydrogen (secondary N) is 1. The summed E-state index contributed by atoms with van der Waals surface area (Å²) in [6, 6.07) is 7.48. The van der Waals surface area contributed by atoms with Gasteiger partial charge in [-0.1, -0.05) is 6.42 Å². The van der Waals surface area contributed by atoms with Gasteiger partial charge in [0.15, 0.2) is 0 Å². The highest BCUT2D eigenvalue weighted by molar-refractivity contribution is 5.92. The molecule has 116 valence electrons. The fourth-order valence-corrected chi connectivity index (χ4v) is 2.66. The van der Waals surface area contributed by atoms with Gasteiger partial charge in [0.1, 0.15) is 5.75 Å². The van der Waals surface area contributed by atoms with Crippen LogP contribution in [-0.2, 0) is 4.79 Å². The first-order valence-corrected chi connectivity index (χ1v) is 7.60. The van der Waals surface area contributed by atoms with Crippen molar-refractivity contribution in [2.24, 2.45) is 0 Å². The van der Waals surface area contributed by atoms with E-state index in [0.717, 1.165) is 37.2 Å². The number of aliphatic hydroxyl groups excluding tert-OH is 1. The van der Waals surface area contributed by atoms with Gasteiger partial charge in [0.2, 0.25) is 5.91 Å². The fraction of sp³-hybridized carbons (Fsp3) is 0.562. The number of carbonyl (C=O) groups excluding carboxylic acids is 1. The van der Waals surface area contributed by atoms with Crippen LogP contribution in [0.4, 0.5) is 5.69 Å². The lowest BCUT2D eigenvalue weighted by Gasteiger charge is -2.33. The summed E-state index contributed by atoms with van der Waals surface area (Å²) >= 11 is 0. The Morgan fingerprint density at radius 1 is 1.38 bits per heavy atom. The number of amides is 1. The van der Waals surface area contributed by atoms with Crippen molar-refractivity contribution in [2.75, 3.05) is 31.6 Å². The molecule has 0 spiro atoms. The Morgan fingerprint density at radius 2 is 2.14 bits per heavy atom. The number of anilines is 1. The van der Waals surface area contributed by atoms with Crippen molar-refractivity contribution in [2.45, 2.75) is 32.2 Å². The molecule has 2 N–H and O–H groups in total. The first-order valence-electron chi connectivity index (χ1n) is 7.60. The number of rotatable bonds is 6. The molecule has 0 aromatic heterocycles. The molecule has 1 fully saturated rings. The van der Waals surface area contributed by atoms with E-state index in [4.69, 9.17) is 4.74 Å². The van der Waals surface area contributed by atoms with Crippen molar-refractivity contribution >= 4 is 11.6 Å². The third-order valence-electron chi connectivity index (χ3n) is 3.76. The molecule has 1 aromatic carbocycles. The maximum Gasteiger partial charge on any atom is 0.238 e. The van der Waals surface area contributed by atoms with E-state index in [-0.39, 0.29) is 18.6 Å². The molecule has 21 heavy (non-hydrogen) atoms. The highest BCUT2D eigenvalue weighted by atomic mass is 16.5. The third kappa shape index (κ3) is 4.72. The lowest BCUT2D eigenvalue weighted by molar-refractivity contribution is -0.118. The number of likely N-dealkylation sites (tertiary alicyclic amines) is 1. The summed E-state index contributed by atoms with van der Waals surface area (Å²) in [7, 11) is 0. The number of ether oxygens (including phenoxy) is 1. The molecule has 2 rings (SSSR count). The Morgan fingerprint density at radius 3 is 2.81 bits per heavy atom. The van der Waals surface area contributed by atoms with Crippen molar-refractivity contribution in [3.8, 4) is 5.75 Å². The van der Waals surface area contributed by atoms with Crippen molar-refractivity contribution in [1.82, 2.24) is 4.90 Å². The topological polar surface area (TPSA) is 61.8 Å². The average Bonchev–Trinajstić information content (AvgIpc) is 2.50. The van der Waals surface area contributed by atoms with Crippen LogP contribution in [-0.4, -0.2) is 48.3 Å². The van der Waals surface area contributed by atoms with Crippen molar-refractivity contribution in [1.29, 1.82) is 0 Å². The average molecular weight is 292 g/mol. The van der Waals surface area contributed by atoms with Crippen molar-refractivity contribution < 1.29 is 14.6 Å². The largest absolute Gasteiger partial charge is 0.494 e. The molecule has 1 aliphatic rings. The second kappa shape index (κ2) is 8.00. The molecule has 0 saturated carbocycles. The van der Waals surface area contributed by atoms with E-state index >= 15 is 0 Å². The summed E-state index contributed by atoms with van der Waals surface area (Å²) in [5, 5.41) is 12.2. The van der Waals surface area contributed by atoms with Gasteiger partial charge in [-0.3, -0.25) is 9.69 Å². The Labute approximate surface area is 125 Å². The van der Waals surface area contributed by atoms with Crippen LogP contribution in [0.25, 0.3) is 0 Å². The molecular formula is C16H24N2O3. The standard InChI is InChI=1S/C16H24N2O3/c1-2-21-15-8-6-13(7-9-15)17-16(20)11-18-10-4-3-5-14(18)12-19/h6-9,14,19H,2-5,10-12H2,1H3,(H,17,20). The van der Waals surface area contributed by atoms with Crippen LogP contribution in [0, 0.1) is 0 Å². The zero-order valence-electron chi connectivity index (χ0n) is 12.5. The number of hydrogen-bond donors (Lipinski definition) is 2. The minimum absolute atomic E-state index is 0.0421. The normalized spacial score (nSPS) is 19.2. The first-order chi connectivity index (χ1) is 10.2. The van der Waals surface area contributed by atoms with Crippen LogP contribution < -0.4 is 10.1 Å². The minimum Gasteiger partial charge on any atom is -0.494 e. The van der Waals surface area contributed by atoms with Crippen LogP contribution in [0.15, 0.2) is 24.3 Å². The van der Waals surface area contributed by atoms with Gasteiger partial charge in [0.05, 0.1) is 19.8 Å². The molecule has 0 bridgehead atoms. The van der Waals surface area contributed by atoms with Gasteiger partial charge >= 0.3 is 0 Å². The molecule has 1 aromatic rings. The molecular weight excluding hydrogens is 268 g/mol. The van der Waals surface area contributed by atoms with Crippen LogP contribution in [0.3, 0.4) is 0 Å². The van der Waals surface area contributed by atoms with E-state index in [9.17, 15) is 9.90 Å². The smallest absolute Gasteiger partial charge is 0.238 e. The van der Waals surface area contributed by atoms with Gasteiger partial charge in [-0.25, -0.2) is 0 Å². The molecule has 1 aliphatic heterocycles. The van der Waals surface area contributed by atoms with Crippen molar-refractivity contribution in [3.05, 3.63) is 24.3 Å². The molecule has 1 heterocycles. The first kappa shape index (κ1) is 15.8. The monoisotopic (exact) mass is 292 g/mol. The summed E-state index contributed by atoms with van der Waals surface area (Å²) in [6.45, 7) is 3.89. The summed E-state index contributed by atoms with van der Waals surface area (Å²) in [6.07, 6.45) is 3.18. The zero-order valence-corrected chi connectivity index (χ0v) is 12.5. The van der Waals surface area contributed by atoms with E-state index in [2.05, 4.69) is 10.2 Å². The van der Waals surface area contributed by atoms with Crippen LogP contribution in [0.1, 0.15) is 26.2 Å². The van der Waals surface area contributed by atoms with E-state index in [1.807, 2.05) is 31.2 Å².